The molecular formula is C22H24N2O+2. The Morgan fingerprint density at radius 1 is 0.960 bits per heavy atom. The minimum Gasteiger partial charge on any atom is -0.443 e. The SMILES string of the molecule is C[N+]1=C=[N+]2c3ccc4c(c3Oc3cccc1c32)C(C)(C)CCC4(C)C. The molecule has 126 valence electrons. The maximum atomic E-state index is 6.54. The van der Waals surface area contributed by atoms with Gasteiger partial charge in [0.1, 0.15) is 0 Å². The van der Waals surface area contributed by atoms with Gasteiger partial charge in [0.25, 0.3) is 11.4 Å². The summed E-state index contributed by atoms with van der Waals surface area (Å²) in [4.78, 5) is 0. The van der Waals surface area contributed by atoms with Crippen LogP contribution in [0.1, 0.15) is 51.7 Å². The summed E-state index contributed by atoms with van der Waals surface area (Å²) in [6, 6.07) is 14.2. The molecule has 3 heteroatoms. The number of benzene rings is 2. The fraction of sp³-hybridized carbons (Fsp3) is 0.409. The Kier molecular flexibility index (Phi) is 2.64. The predicted molar refractivity (Wildman–Crippen MR) is 101 cm³/mol. The maximum absolute atomic E-state index is 6.54. The van der Waals surface area contributed by atoms with Crippen LogP contribution >= 0.6 is 0 Å². The fourth-order valence-corrected chi connectivity index (χ4v) is 4.60. The standard InChI is InChI=1S/C22H24N2O/c1-21(2)11-12-22(3,4)18-14(21)9-10-16-20(18)25-17-8-6-7-15-19(17)24(16)13-23(15)5/h6-10H,11-12H2,1-5H3/q+2. The molecule has 0 unspecified atom stereocenters. The largest absolute Gasteiger partial charge is 0.496 e. The van der Waals surface area contributed by atoms with E-state index in [4.69, 9.17) is 4.74 Å². The molecule has 0 atom stereocenters. The highest BCUT2D eigenvalue weighted by Crippen LogP contribution is 2.57. The number of fused-ring (bicyclic) bond motifs is 4. The van der Waals surface area contributed by atoms with E-state index in [1.165, 1.54) is 24.0 Å². The van der Waals surface area contributed by atoms with Gasteiger partial charge in [-0.05, 0) is 39.9 Å². The highest BCUT2D eigenvalue weighted by atomic mass is 16.5. The highest BCUT2D eigenvalue weighted by Gasteiger charge is 2.47. The molecule has 3 nitrogen and oxygen atoms in total. The van der Waals surface area contributed by atoms with Gasteiger partial charge in [0, 0.05) is 17.7 Å². The number of hydrogen-bond acceptors (Lipinski definition) is 1. The summed E-state index contributed by atoms with van der Waals surface area (Å²) in [6.07, 6.45) is 2.38. The number of rotatable bonds is 0. The lowest BCUT2D eigenvalue weighted by molar-refractivity contribution is -0.394. The zero-order valence-corrected chi connectivity index (χ0v) is 15.6. The molecule has 2 aromatic carbocycles. The second-order valence-corrected chi connectivity index (χ2v) is 8.82. The predicted octanol–water partition coefficient (Wildman–Crippen LogP) is 5.44. The summed E-state index contributed by atoms with van der Waals surface area (Å²) < 4.78 is 10.8. The third-order valence-corrected chi connectivity index (χ3v) is 6.18. The van der Waals surface area contributed by atoms with Crippen molar-refractivity contribution in [2.75, 3.05) is 7.05 Å². The van der Waals surface area contributed by atoms with Crippen LogP contribution in [0.5, 0.6) is 11.5 Å². The Bertz CT molecular complexity index is 1020. The molecule has 0 N–H and O–H groups in total. The average Bonchev–Trinajstić information content (AvgIpc) is 2.90. The van der Waals surface area contributed by atoms with Crippen molar-refractivity contribution in [3.8, 4) is 11.5 Å². The lowest BCUT2D eigenvalue weighted by Crippen LogP contribution is -2.34. The molecule has 2 heterocycles. The summed E-state index contributed by atoms with van der Waals surface area (Å²) in [6.45, 7) is 9.40. The van der Waals surface area contributed by atoms with Crippen molar-refractivity contribution < 1.29 is 9.31 Å². The molecule has 0 fully saturated rings. The van der Waals surface area contributed by atoms with Crippen LogP contribution in [0.4, 0.5) is 17.1 Å². The van der Waals surface area contributed by atoms with E-state index < -0.39 is 0 Å². The number of hydrogen-bond donors (Lipinski definition) is 0. The van der Waals surface area contributed by atoms with Gasteiger partial charge in [-0.3, -0.25) is 0 Å². The Labute approximate surface area is 148 Å². The average molecular weight is 332 g/mol. The molecule has 5 rings (SSSR count). The molecule has 0 spiro atoms. The van der Waals surface area contributed by atoms with Crippen molar-refractivity contribution in [3.05, 3.63) is 41.5 Å². The topological polar surface area (TPSA) is 15.2 Å². The Morgan fingerprint density at radius 3 is 2.52 bits per heavy atom. The van der Waals surface area contributed by atoms with E-state index in [0.717, 1.165) is 28.6 Å². The molecule has 0 saturated carbocycles. The third kappa shape index (κ3) is 1.82. The molecule has 3 aliphatic rings. The van der Waals surface area contributed by atoms with Crippen molar-refractivity contribution in [1.82, 2.24) is 4.58 Å². The van der Waals surface area contributed by atoms with E-state index in [1.54, 1.807) is 0 Å². The smallest absolute Gasteiger partial charge is 0.443 e. The fourth-order valence-electron chi connectivity index (χ4n) is 4.60. The van der Waals surface area contributed by atoms with E-state index in [2.05, 4.69) is 68.6 Å². The quantitative estimate of drug-likeness (QED) is 0.501. The molecule has 0 amide bonds. The Morgan fingerprint density at radius 2 is 1.72 bits per heavy atom. The van der Waals surface area contributed by atoms with Crippen LogP contribution in [0, 0.1) is 0 Å². The molecule has 0 radical (unpaired) electrons. The Hall–Kier alpha value is -2.38. The number of para-hydroxylation sites is 1. The van der Waals surface area contributed by atoms with Crippen LogP contribution in [0.2, 0.25) is 0 Å². The molecule has 2 aromatic rings. The van der Waals surface area contributed by atoms with E-state index in [0.29, 0.717) is 0 Å². The third-order valence-electron chi connectivity index (χ3n) is 6.18. The Balaban J connectivity index is 1.86. The van der Waals surface area contributed by atoms with E-state index >= 15 is 0 Å². The number of nitrogens with zero attached hydrogens (tertiary/aromatic N) is 2. The van der Waals surface area contributed by atoms with Gasteiger partial charge < -0.3 is 4.74 Å². The van der Waals surface area contributed by atoms with Crippen molar-refractivity contribution >= 4 is 23.1 Å². The van der Waals surface area contributed by atoms with Gasteiger partial charge >= 0.3 is 11.7 Å². The van der Waals surface area contributed by atoms with Gasteiger partial charge in [0.05, 0.1) is 0 Å². The first kappa shape index (κ1) is 14.9. The van der Waals surface area contributed by atoms with Gasteiger partial charge in [-0.2, -0.15) is 0 Å². The first-order valence-electron chi connectivity index (χ1n) is 9.09. The normalized spacial score (nSPS) is 20.7. The summed E-state index contributed by atoms with van der Waals surface area (Å²) in [7, 11) is 2.04. The van der Waals surface area contributed by atoms with Crippen molar-refractivity contribution in [2.24, 2.45) is 0 Å². The zero-order chi connectivity index (χ0) is 17.6. The van der Waals surface area contributed by atoms with Crippen molar-refractivity contribution in [2.45, 2.75) is 51.4 Å². The summed E-state index contributed by atoms with van der Waals surface area (Å²) in [5.74, 6) is 1.94. The molecule has 0 saturated heterocycles. The lowest BCUT2D eigenvalue weighted by atomic mass is 9.62. The van der Waals surface area contributed by atoms with Crippen molar-refractivity contribution in [1.29, 1.82) is 0 Å². The molecule has 1 aliphatic carbocycles. The monoisotopic (exact) mass is 332 g/mol. The van der Waals surface area contributed by atoms with Gasteiger partial charge in [-0.25, -0.2) is 0 Å². The first-order valence-corrected chi connectivity index (χ1v) is 9.09. The zero-order valence-electron chi connectivity index (χ0n) is 15.6. The molecule has 0 aromatic heterocycles. The summed E-state index contributed by atoms with van der Waals surface area (Å²) in [5.41, 5.74) is 6.43. The van der Waals surface area contributed by atoms with Crippen LogP contribution in [0.25, 0.3) is 0 Å². The van der Waals surface area contributed by atoms with E-state index in [9.17, 15) is 0 Å². The van der Waals surface area contributed by atoms with Crippen LogP contribution in [-0.4, -0.2) is 17.6 Å². The lowest BCUT2D eigenvalue weighted by Gasteiger charge is -2.42. The second kappa shape index (κ2) is 4.42. The molecule has 0 bridgehead atoms. The minimum atomic E-state index is 0.108. The van der Waals surface area contributed by atoms with Gasteiger partial charge in [0.15, 0.2) is 7.05 Å². The van der Waals surface area contributed by atoms with Crippen LogP contribution in [-0.2, 0) is 10.8 Å². The van der Waals surface area contributed by atoms with E-state index in [-0.39, 0.29) is 10.8 Å². The minimum absolute atomic E-state index is 0.108. The van der Waals surface area contributed by atoms with Gasteiger partial charge in [-0.15, -0.1) is 0 Å². The van der Waals surface area contributed by atoms with Crippen LogP contribution < -0.4 is 9.31 Å². The molecule has 2 aliphatic heterocycles. The highest BCUT2D eigenvalue weighted by molar-refractivity contribution is 5.85. The van der Waals surface area contributed by atoms with Crippen LogP contribution in [0.15, 0.2) is 30.3 Å². The van der Waals surface area contributed by atoms with Crippen LogP contribution in [0.3, 0.4) is 0 Å². The maximum Gasteiger partial charge on any atom is 0.496 e. The van der Waals surface area contributed by atoms with Crippen molar-refractivity contribution in [3.63, 3.8) is 0 Å². The van der Waals surface area contributed by atoms with Gasteiger partial charge in [-0.1, -0.05) is 44.4 Å². The molecular weight excluding hydrogens is 308 g/mol. The molecule has 25 heavy (non-hydrogen) atoms. The second-order valence-electron chi connectivity index (χ2n) is 8.82. The number of ether oxygens (including phenoxy) is 1. The summed E-state index contributed by atoms with van der Waals surface area (Å²) >= 11 is 0. The van der Waals surface area contributed by atoms with Gasteiger partial charge in [0.2, 0.25) is 11.5 Å². The summed E-state index contributed by atoms with van der Waals surface area (Å²) in [5, 5.41) is 0. The van der Waals surface area contributed by atoms with E-state index in [1.807, 2.05) is 11.6 Å². The first-order chi connectivity index (χ1) is 11.8.